The number of hydrogen-bond acceptors (Lipinski definition) is 5. The number of carbonyl (C=O) groups excluding carboxylic acids is 2. The third kappa shape index (κ3) is 8.28. The van der Waals surface area contributed by atoms with E-state index in [4.69, 9.17) is 4.74 Å². The van der Waals surface area contributed by atoms with Crippen LogP contribution >= 0.6 is 0 Å². The number of sulfonamides is 1. The maximum absolute atomic E-state index is 14.4. The topological polar surface area (TPSA) is 96.0 Å². The van der Waals surface area contributed by atoms with Crippen molar-refractivity contribution in [2.45, 2.75) is 31.8 Å². The van der Waals surface area contributed by atoms with Gasteiger partial charge in [0.15, 0.2) is 0 Å². The van der Waals surface area contributed by atoms with E-state index in [9.17, 15) is 22.4 Å². The second kappa shape index (κ2) is 13.7. The number of rotatable bonds is 13. The number of benzene rings is 3. The molecule has 0 aromatic heterocycles. The molecule has 8 nitrogen and oxygen atoms in total. The number of ether oxygens (including phenoxy) is 1. The lowest BCUT2D eigenvalue weighted by Crippen LogP contribution is -2.49. The first-order chi connectivity index (χ1) is 18.6. The van der Waals surface area contributed by atoms with Crippen LogP contribution in [0.3, 0.4) is 0 Å². The lowest BCUT2D eigenvalue weighted by atomic mass is 10.0. The summed E-state index contributed by atoms with van der Waals surface area (Å²) in [6.07, 6.45) is 1.37. The molecule has 1 N–H and O–H groups in total. The van der Waals surface area contributed by atoms with Gasteiger partial charge in [0, 0.05) is 33.0 Å². The molecule has 0 aliphatic heterocycles. The van der Waals surface area contributed by atoms with Gasteiger partial charge >= 0.3 is 0 Å². The van der Waals surface area contributed by atoms with Gasteiger partial charge in [0.25, 0.3) is 0 Å². The van der Waals surface area contributed by atoms with E-state index < -0.39 is 21.9 Å². The molecule has 208 valence electrons. The van der Waals surface area contributed by atoms with Crippen LogP contribution in [0.15, 0.2) is 78.9 Å². The Balaban J connectivity index is 1.87. The van der Waals surface area contributed by atoms with Crippen molar-refractivity contribution in [3.63, 3.8) is 0 Å². The molecule has 0 saturated heterocycles. The summed E-state index contributed by atoms with van der Waals surface area (Å²) in [7, 11) is -0.729. The van der Waals surface area contributed by atoms with Gasteiger partial charge in [-0.05, 0) is 41.8 Å². The van der Waals surface area contributed by atoms with Crippen LogP contribution in [-0.2, 0) is 32.6 Å². The Bertz CT molecular complexity index is 1370. The molecule has 2 amide bonds. The number of anilines is 1. The highest BCUT2D eigenvalue weighted by Gasteiger charge is 2.30. The maximum atomic E-state index is 14.4. The van der Waals surface area contributed by atoms with Gasteiger partial charge in [-0.1, -0.05) is 54.6 Å². The van der Waals surface area contributed by atoms with Gasteiger partial charge in [-0.25, -0.2) is 12.8 Å². The molecular weight excluding hydrogens is 521 g/mol. The Morgan fingerprint density at radius 3 is 2.28 bits per heavy atom. The van der Waals surface area contributed by atoms with E-state index in [0.717, 1.165) is 21.7 Å². The van der Waals surface area contributed by atoms with Crippen LogP contribution in [-0.4, -0.2) is 58.1 Å². The van der Waals surface area contributed by atoms with E-state index in [-0.39, 0.29) is 43.4 Å². The van der Waals surface area contributed by atoms with E-state index >= 15 is 0 Å². The van der Waals surface area contributed by atoms with Gasteiger partial charge in [0.05, 0.1) is 19.1 Å². The molecule has 0 radical (unpaired) electrons. The van der Waals surface area contributed by atoms with Gasteiger partial charge in [-0.3, -0.25) is 13.9 Å². The number of carbonyl (C=O) groups is 2. The minimum Gasteiger partial charge on any atom is -0.497 e. The highest BCUT2D eigenvalue weighted by Crippen LogP contribution is 2.23. The minimum atomic E-state index is -3.80. The molecule has 3 aromatic carbocycles. The summed E-state index contributed by atoms with van der Waals surface area (Å²) in [6, 6.07) is 21.4. The Morgan fingerprint density at radius 2 is 1.64 bits per heavy atom. The number of para-hydroxylation sites is 1. The van der Waals surface area contributed by atoms with Crippen LogP contribution in [0, 0.1) is 5.82 Å². The third-order valence-electron chi connectivity index (χ3n) is 6.28. The Hall–Kier alpha value is -3.92. The second-order valence-corrected chi connectivity index (χ2v) is 11.0. The largest absolute Gasteiger partial charge is 0.497 e. The van der Waals surface area contributed by atoms with Crippen molar-refractivity contribution in [1.82, 2.24) is 10.2 Å². The number of methoxy groups -OCH3 is 1. The van der Waals surface area contributed by atoms with Crippen molar-refractivity contribution in [3.05, 3.63) is 95.8 Å². The monoisotopic (exact) mass is 555 g/mol. The zero-order valence-corrected chi connectivity index (χ0v) is 23.2. The number of nitrogens with one attached hydrogen (secondary N) is 1. The molecule has 39 heavy (non-hydrogen) atoms. The Morgan fingerprint density at radius 1 is 0.974 bits per heavy atom. The summed E-state index contributed by atoms with van der Waals surface area (Å²) in [5.41, 5.74) is 1.58. The number of amides is 2. The van der Waals surface area contributed by atoms with E-state index in [2.05, 4.69) is 5.32 Å². The van der Waals surface area contributed by atoms with Crippen LogP contribution in [0.25, 0.3) is 0 Å². The van der Waals surface area contributed by atoms with Gasteiger partial charge in [-0.15, -0.1) is 0 Å². The minimum absolute atomic E-state index is 0.0489. The highest BCUT2D eigenvalue weighted by molar-refractivity contribution is 7.92. The first-order valence-electron chi connectivity index (χ1n) is 12.5. The first kappa shape index (κ1) is 29.6. The molecule has 0 saturated carbocycles. The first-order valence-corrected chi connectivity index (χ1v) is 14.4. The van der Waals surface area contributed by atoms with Crippen molar-refractivity contribution >= 4 is 27.5 Å². The molecule has 0 unspecified atom stereocenters. The van der Waals surface area contributed by atoms with Crippen LogP contribution in [0.5, 0.6) is 5.75 Å². The lowest BCUT2D eigenvalue weighted by Gasteiger charge is -2.31. The molecule has 10 heteroatoms. The molecule has 1 atom stereocenters. The number of likely N-dealkylation sites (N-methyl/N-ethyl adjacent to an activating group) is 1. The molecule has 3 aromatic rings. The van der Waals surface area contributed by atoms with Gasteiger partial charge in [-0.2, -0.15) is 0 Å². The average Bonchev–Trinajstić information content (AvgIpc) is 2.93. The van der Waals surface area contributed by atoms with E-state index in [1.54, 1.807) is 31.4 Å². The molecule has 0 fully saturated rings. The Kier molecular flexibility index (Phi) is 10.4. The zero-order valence-electron chi connectivity index (χ0n) is 22.3. The predicted octanol–water partition coefficient (Wildman–Crippen LogP) is 3.77. The average molecular weight is 556 g/mol. The third-order valence-corrected chi connectivity index (χ3v) is 7.46. The van der Waals surface area contributed by atoms with Crippen molar-refractivity contribution in [2.75, 3.05) is 31.3 Å². The van der Waals surface area contributed by atoms with Crippen molar-refractivity contribution in [3.8, 4) is 5.75 Å². The Labute approximate surface area is 229 Å². The number of halogens is 1. The second-order valence-electron chi connectivity index (χ2n) is 9.08. The molecule has 0 aliphatic carbocycles. The van der Waals surface area contributed by atoms with Crippen molar-refractivity contribution in [2.24, 2.45) is 0 Å². The van der Waals surface area contributed by atoms with E-state index in [1.165, 1.54) is 30.1 Å². The van der Waals surface area contributed by atoms with Crippen LogP contribution < -0.4 is 14.4 Å². The maximum Gasteiger partial charge on any atom is 0.242 e. The standard InChI is InChI=1S/C29H34FN3O5S/c1-31-29(35)27(20-22-11-5-4-6-12-22)32(21-23-13-9-14-24(19-23)38-2)28(34)17-10-18-33(39(3,36)37)26-16-8-7-15-25(26)30/h4-9,11-16,19,27H,10,17-18,20-21H2,1-3H3,(H,31,35)/t27-/m1/s1. The molecule has 3 rings (SSSR count). The molecule has 0 aliphatic rings. The highest BCUT2D eigenvalue weighted by atomic mass is 32.2. The van der Waals surface area contributed by atoms with Crippen LogP contribution in [0.2, 0.25) is 0 Å². The fourth-order valence-corrected chi connectivity index (χ4v) is 5.29. The number of nitrogens with zero attached hydrogens (tertiary/aromatic N) is 2. The lowest BCUT2D eigenvalue weighted by molar-refractivity contribution is -0.141. The van der Waals surface area contributed by atoms with Crippen LogP contribution in [0.4, 0.5) is 10.1 Å². The summed E-state index contributed by atoms with van der Waals surface area (Å²) in [6.45, 7) is 0.0475. The fraction of sp³-hybridized carbons (Fsp3) is 0.310. The fourth-order valence-electron chi connectivity index (χ4n) is 4.32. The van der Waals surface area contributed by atoms with Crippen LogP contribution in [0.1, 0.15) is 24.0 Å². The van der Waals surface area contributed by atoms with Gasteiger partial charge < -0.3 is 15.0 Å². The van der Waals surface area contributed by atoms with Gasteiger partial charge in [0.1, 0.15) is 17.6 Å². The summed E-state index contributed by atoms with van der Waals surface area (Å²) in [5, 5.41) is 2.66. The predicted molar refractivity (Wildman–Crippen MR) is 149 cm³/mol. The summed E-state index contributed by atoms with van der Waals surface area (Å²) < 4.78 is 45.5. The summed E-state index contributed by atoms with van der Waals surface area (Å²) in [5.74, 6) is -0.701. The van der Waals surface area contributed by atoms with Gasteiger partial charge in [0.2, 0.25) is 21.8 Å². The van der Waals surface area contributed by atoms with Crippen molar-refractivity contribution in [1.29, 1.82) is 0 Å². The van der Waals surface area contributed by atoms with Crippen molar-refractivity contribution < 1.29 is 27.1 Å². The molecule has 0 heterocycles. The van der Waals surface area contributed by atoms with E-state index in [0.29, 0.717) is 12.2 Å². The molecule has 0 spiro atoms. The quantitative estimate of drug-likeness (QED) is 0.347. The molecular formula is C29H34FN3O5S. The smallest absolute Gasteiger partial charge is 0.242 e. The molecule has 0 bridgehead atoms. The van der Waals surface area contributed by atoms with E-state index in [1.807, 2.05) is 36.4 Å². The summed E-state index contributed by atoms with van der Waals surface area (Å²) in [4.78, 5) is 28.2. The normalized spacial score (nSPS) is 11.9. The SMILES string of the molecule is CNC(=O)[C@@H](Cc1ccccc1)N(Cc1cccc(OC)c1)C(=O)CCCN(c1ccccc1F)S(C)(=O)=O. The zero-order chi connectivity index (χ0) is 28.4. The summed E-state index contributed by atoms with van der Waals surface area (Å²) >= 11 is 0. The number of hydrogen-bond donors (Lipinski definition) is 1.